The van der Waals surface area contributed by atoms with E-state index in [4.69, 9.17) is 19.9 Å². The third-order valence-corrected chi connectivity index (χ3v) is 12.8. The van der Waals surface area contributed by atoms with Crippen molar-refractivity contribution in [1.82, 2.24) is 20.7 Å². The Balaban J connectivity index is 1.50. The Labute approximate surface area is 383 Å². The molecular weight excluding hydrogens is 853 g/mol. The molecule has 4 rings (SSSR count). The van der Waals surface area contributed by atoms with E-state index >= 15 is 0 Å². The minimum absolute atomic E-state index is 0.0457. The number of sulfonamides is 1. The maximum absolute atomic E-state index is 14.2. The van der Waals surface area contributed by atoms with Crippen molar-refractivity contribution in [3.8, 4) is 5.75 Å². The lowest BCUT2D eigenvalue weighted by molar-refractivity contribution is -0.153. The van der Waals surface area contributed by atoms with Crippen LogP contribution in [0.25, 0.3) is 0 Å². The number of benzene rings is 3. The third-order valence-electron chi connectivity index (χ3n) is 11.2. The smallest absolute Gasteiger partial charge is 0.336 e. The molecule has 3 aromatic carbocycles. The molecule has 1 unspecified atom stereocenters. The summed E-state index contributed by atoms with van der Waals surface area (Å²) in [6.45, 7) is 16.1. The number of esters is 1. The molecule has 7 N–H and O–H groups in total. The minimum atomic E-state index is -4.18. The normalized spacial score (nSPS) is 15.9. The molecule has 1 aliphatic rings. The van der Waals surface area contributed by atoms with Crippen molar-refractivity contribution < 1.29 is 46.9 Å². The number of aliphatic hydroxyl groups is 1. The quantitative estimate of drug-likeness (QED) is 0.0384. The van der Waals surface area contributed by atoms with Gasteiger partial charge in [-0.05, 0) is 122 Å². The first-order valence-corrected chi connectivity index (χ1v) is 23.5. The van der Waals surface area contributed by atoms with E-state index in [1.807, 2.05) is 81.4 Å². The summed E-state index contributed by atoms with van der Waals surface area (Å²) < 4.78 is 46.9. The van der Waals surface area contributed by atoms with Gasteiger partial charge in [-0.1, -0.05) is 60.7 Å². The molecule has 356 valence electrons. The monoisotopic (exact) mass is 920 g/mol. The van der Waals surface area contributed by atoms with Gasteiger partial charge < -0.3 is 41.0 Å². The number of hydrogen-bond donors (Lipinski definition) is 6. The first-order valence-electron chi connectivity index (χ1n) is 22.0. The molecule has 1 aliphatic heterocycles. The molecule has 0 aromatic heterocycles. The van der Waals surface area contributed by atoms with Crippen molar-refractivity contribution in [2.45, 2.75) is 154 Å². The van der Waals surface area contributed by atoms with Crippen LogP contribution in [-0.4, -0.2) is 98.4 Å². The lowest BCUT2D eigenvalue weighted by atomic mass is 9.94. The molecule has 0 saturated carbocycles. The second-order valence-electron chi connectivity index (χ2n) is 18.2. The van der Waals surface area contributed by atoms with Gasteiger partial charge in [0.2, 0.25) is 23.7 Å². The topological polar surface area (TPSA) is 237 Å². The summed E-state index contributed by atoms with van der Waals surface area (Å²) in [4.78, 5) is 58.6. The number of fused-ring (bicyclic) bond motifs is 1. The van der Waals surface area contributed by atoms with Gasteiger partial charge in [0, 0.05) is 24.9 Å². The van der Waals surface area contributed by atoms with Crippen LogP contribution in [0.2, 0.25) is 0 Å². The van der Waals surface area contributed by atoms with Crippen molar-refractivity contribution in [3.05, 3.63) is 94.0 Å². The van der Waals surface area contributed by atoms with Crippen LogP contribution in [0.15, 0.2) is 70.6 Å². The van der Waals surface area contributed by atoms with Crippen LogP contribution < -0.4 is 31.1 Å². The zero-order valence-corrected chi connectivity index (χ0v) is 40.2. The van der Waals surface area contributed by atoms with Gasteiger partial charge in [-0.2, -0.15) is 0 Å². The molecule has 1 heterocycles. The largest absolute Gasteiger partial charge is 0.487 e. The fourth-order valence-corrected chi connectivity index (χ4v) is 9.44. The van der Waals surface area contributed by atoms with Crippen molar-refractivity contribution in [2.24, 2.45) is 10.7 Å². The molecule has 65 heavy (non-hydrogen) atoms. The molecule has 5 atom stereocenters. The van der Waals surface area contributed by atoms with E-state index in [0.29, 0.717) is 36.1 Å². The number of carbonyl (C=O) groups excluding carboxylic acids is 4. The van der Waals surface area contributed by atoms with Gasteiger partial charge in [0.15, 0.2) is 6.10 Å². The van der Waals surface area contributed by atoms with E-state index in [9.17, 15) is 32.7 Å². The maximum Gasteiger partial charge on any atom is 0.336 e. The maximum atomic E-state index is 14.2. The number of nitrogens with one attached hydrogen (secondary N) is 4. The summed E-state index contributed by atoms with van der Waals surface area (Å²) in [5, 5.41) is 19.4. The van der Waals surface area contributed by atoms with Gasteiger partial charge in [0.05, 0.1) is 29.8 Å². The average molecular weight is 921 g/mol. The molecule has 16 nitrogen and oxygen atoms in total. The van der Waals surface area contributed by atoms with Crippen molar-refractivity contribution >= 4 is 39.7 Å². The molecule has 3 amide bonds. The van der Waals surface area contributed by atoms with Crippen molar-refractivity contribution in [3.63, 3.8) is 0 Å². The third kappa shape index (κ3) is 15.0. The van der Waals surface area contributed by atoms with Crippen molar-refractivity contribution in [2.75, 3.05) is 13.7 Å². The van der Waals surface area contributed by atoms with Gasteiger partial charge in [-0.15, -0.1) is 0 Å². The number of aliphatic imine (C=N–C) groups is 1. The summed E-state index contributed by atoms with van der Waals surface area (Å²) in [5.74, 6) is -2.46. The van der Waals surface area contributed by atoms with E-state index in [1.54, 1.807) is 41.5 Å². The van der Waals surface area contributed by atoms with Crippen LogP contribution in [-0.2, 0) is 57.9 Å². The fourth-order valence-electron chi connectivity index (χ4n) is 7.92. The Kier molecular flexibility index (Phi) is 18.1. The number of hydrogen-bond acceptors (Lipinski definition) is 11. The molecule has 0 spiro atoms. The molecule has 0 bridgehead atoms. The highest BCUT2D eigenvalue weighted by atomic mass is 32.2. The Bertz CT molecular complexity index is 2280. The molecule has 0 fully saturated rings. The number of nitrogens with zero attached hydrogens (tertiary/aromatic N) is 1. The van der Waals surface area contributed by atoms with Crippen LogP contribution >= 0.6 is 0 Å². The van der Waals surface area contributed by atoms with E-state index in [-0.39, 0.29) is 49.0 Å². The average Bonchev–Trinajstić information content (AvgIpc) is 3.58. The number of carbonyl (C=O) groups is 4. The number of aryl methyl sites for hydroxylation is 2. The lowest BCUT2D eigenvalue weighted by Gasteiger charge is -2.33. The first kappa shape index (κ1) is 52.1. The standard InChI is InChI=1S/C48H68N6O10S/c1-29-30(2)42(31(3)35-28-48(8,9)64-41(29)35)65(60,61)54-46(49)50-27-17-22-36(40(56)45(59)62-10)52-44(58)39(32(4)63-47(5,6)7)53-43(57)37(25-23-33-18-13-11-14-19-33)51-38(55)26-24-34-20-15-12-16-21-34/h11-16,18-21,32,36-37,39-40,56H,17,22-28H2,1-10H3,(H,51,55)(H,52,58)(H,53,57)(H3,49,50,54)/t32-,36+,37+,39-,40?/m1/s1. The van der Waals surface area contributed by atoms with E-state index in [0.717, 1.165) is 29.4 Å². The number of aliphatic hydroxyl groups excluding tert-OH is 1. The zero-order chi connectivity index (χ0) is 48.3. The van der Waals surface area contributed by atoms with Crippen molar-refractivity contribution in [1.29, 1.82) is 0 Å². The van der Waals surface area contributed by atoms with E-state index in [2.05, 4.69) is 25.7 Å². The minimum Gasteiger partial charge on any atom is -0.487 e. The molecule has 17 heteroatoms. The van der Waals surface area contributed by atoms with Crippen LogP contribution in [0.1, 0.15) is 101 Å². The number of amides is 3. The predicted molar refractivity (Wildman–Crippen MR) is 249 cm³/mol. The van der Waals surface area contributed by atoms with Gasteiger partial charge in [-0.3, -0.25) is 19.4 Å². The van der Waals surface area contributed by atoms with Gasteiger partial charge in [-0.25, -0.2) is 17.9 Å². The number of methoxy groups -OCH3 is 1. The molecule has 3 aromatic rings. The summed E-state index contributed by atoms with van der Waals surface area (Å²) in [5.41, 5.74) is 9.40. The Morgan fingerprint density at radius 3 is 2.06 bits per heavy atom. The van der Waals surface area contributed by atoms with Gasteiger partial charge in [0.1, 0.15) is 23.4 Å². The Morgan fingerprint density at radius 1 is 0.877 bits per heavy atom. The number of nitrogens with two attached hydrogens (primary N) is 1. The number of guanidine groups is 1. The van der Waals surface area contributed by atoms with E-state index in [1.165, 1.54) is 0 Å². The Morgan fingerprint density at radius 2 is 1.48 bits per heavy atom. The van der Waals surface area contributed by atoms with Crippen LogP contribution in [0.4, 0.5) is 0 Å². The summed E-state index contributed by atoms with van der Waals surface area (Å²) in [7, 11) is -3.08. The lowest BCUT2D eigenvalue weighted by Crippen LogP contribution is -2.61. The summed E-state index contributed by atoms with van der Waals surface area (Å²) in [6.07, 6.45) is -0.896. The van der Waals surface area contributed by atoms with E-state index < -0.39 is 69.3 Å². The van der Waals surface area contributed by atoms with Gasteiger partial charge >= 0.3 is 5.97 Å². The molecular formula is C48H68N6O10S. The second kappa shape index (κ2) is 22.6. The highest BCUT2D eigenvalue weighted by Gasteiger charge is 2.38. The molecule has 0 aliphatic carbocycles. The highest BCUT2D eigenvalue weighted by molar-refractivity contribution is 7.90. The summed E-state index contributed by atoms with van der Waals surface area (Å²) >= 11 is 0. The predicted octanol–water partition coefficient (Wildman–Crippen LogP) is 4.16. The number of ether oxygens (including phenoxy) is 3. The zero-order valence-electron chi connectivity index (χ0n) is 39.4. The first-order chi connectivity index (χ1) is 30.4. The van der Waals surface area contributed by atoms with Gasteiger partial charge in [0.25, 0.3) is 10.0 Å². The molecule has 0 saturated heterocycles. The second-order valence-corrected chi connectivity index (χ2v) is 19.8. The Hall–Kier alpha value is -5.52. The fraction of sp³-hybridized carbons (Fsp3) is 0.521. The SMILES string of the molecule is COC(=O)C(O)[C@H](CCCN=C(N)NS(=O)(=O)c1c(C)c(C)c2c(c1C)CC(C)(C)O2)NC(=O)[C@H](NC(=O)[C@H](CCc1ccccc1)NC(=O)CCc1ccccc1)[C@@H](C)OC(C)(C)C. The highest BCUT2D eigenvalue weighted by Crippen LogP contribution is 2.43. The summed E-state index contributed by atoms with van der Waals surface area (Å²) in [6, 6.07) is 15.3. The van der Waals surface area contributed by atoms with Crippen LogP contribution in [0.5, 0.6) is 5.75 Å². The number of rotatable bonds is 21. The molecule has 0 radical (unpaired) electrons. The van der Waals surface area contributed by atoms with Crippen LogP contribution in [0, 0.1) is 20.8 Å². The van der Waals surface area contributed by atoms with Crippen LogP contribution in [0.3, 0.4) is 0 Å².